The van der Waals surface area contributed by atoms with E-state index in [0.29, 0.717) is 24.7 Å². The Bertz CT molecular complexity index is 602. The van der Waals surface area contributed by atoms with Crippen molar-refractivity contribution in [3.8, 4) is 0 Å². The monoisotopic (exact) mass is 275 g/mol. The number of amidine groups is 1. The molecule has 2 aromatic heterocycles. The number of hydrogen-bond acceptors (Lipinski definition) is 5. The van der Waals surface area contributed by atoms with Crippen LogP contribution in [-0.2, 0) is 0 Å². The van der Waals surface area contributed by atoms with Gasteiger partial charge in [0.1, 0.15) is 12.1 Å². The Morgan fingerprint density at radius 1 is 1.50 bits per heavy atom. The van der Waals surface area contributed by atoms with E-state index in [0.717, 1.165) is 18.1 Å². The van der Waals surface area contributed by atoms with E-state index in [4.69, 9.17) is 11.1 Å². The van der Waals surface area contributed by atoms with Gasteiger partial charge in [0.05, 0.1) is 5.84 Å². The normalized spacial score (nSPS) is 11.2. The average molecular weight is 275 g/mol. The lowest BCUT2D eigenvalue weighted by Gasteiger charge is -2.26. The molecule has 0 fully saturated rings. The minimum absolute atomic E-state index is 0.194. The summed E-state index contributed by atoms with van der Waals surface area (Å²) in [6.07, 6.45) is 2.04. The van der Waals surface area contributed by atoms with Gasteiger partial charge in [-0.2, -0.15) is 14.6 Å². The van der Waals surface area contributed by atoms with E-state index in [2.05, 4.69) is 33.8 Å². The fraction of sp³-hybridized carbons (Fsp3) is 0.538. The molecule has 0 bridgehead atoms. The standard InChI is InChI=1S/C13H21N7/c1-9(2)7-19(5-4-11(14)15)12-6-10(3)18-13-16-8-17-20(12)13/h6,8-9H,4-5,7H2,1-3H3,(H3,14,15). The summed E-state index contributed by atoms with van der Waals surface area (Å²) in [5, 5.41) is 11.6. The molecule has 2 aromatic rings. The molecule has 2 heterocycles. The summed E-state index contributed by atoms with van der Waals surface area (Å²) >= 11 is 0. The van der Waals surface area contributed by atoms with E-state index in [-0.39, 0.29) is 5.84 Å². The molecular weight excluding hydrogens is 254 g/mol. The predicted octanol–water partition coefficient (Wildman–Crippen LogP) is 1.22. The Hall–Kier alpha value is -2.18. The molecule has 7 nitrogen and oxygen atoms in total. The number of nitrogens with zero attached hydrogens (tertiary/aromatic N) is 5. The average Bonchev–Trinajstić information content (AvgIpc) is 2.80. The molecule has 0 amide bonds. The van der Waals surface area contributed by atoms with Crippen molar-refractivity contribution in [2.24, 2.45) is 11.7 Å². The molecule has 108 valence electrons. The van der Waals surface area contributed by atoms with Crippen LogP contribution in [0.2, 0.25) is 0 Å². The lowest BCUT2D eigenvalue weighted by atomic mass is 10.2. The van der Waals surface area contributed by atoms with Crippen molar-refractivity contribution in [2.75, 3.05) is 18.0 Å². The Morgan fingerprint density at radius 2 is 2.25 bits per heavy atom. The van der Waals surface area contributed by atoms with Crippen LogP contribution in [0.3, 0.4) is 0 Å². The second-order valence-electron chi connectivity index (χ2n) is 5.34. The van der Waals surface area contributed by atoms with Gasteiger partial charge in [0.25, 0.3) is 5.78 Å². The third-order valence-corrected chi connectivity index (χ3v) is 2.92. The van der Waals surface area contributed by atoms with Gasteiger partial charge < -0.3 is 10.6 Å². The molecule has 0 aromatic carbocycles. The second kappa shape index (κ2) is 5.85. The highest BCUT2D eigenvalue weighted by atomic mass is 15.4. The van der Waals surface area contributed by atoms with E-state index in [1.165, 1.54) is 6.33 Å². The van der Waals surface area contributed by atoms with Crippen LogP contribution in [0.4, 0.5) is 5.82 Å². The zero-order chi connectivity index (χ0) is 14.7. The van der Waals surface area contributed by atoms with Gasteiger partial charge in [-0.15, -0.1) is 0 Å². The van der Waals surface area contributed by atoms with Crippen molar-refractivity contribution in [1.82, 2.24) is 19.6 Å². The van der Waals surface area contributed by atoms with Crippen molar-refractivity contribution < 1.29 is 0 Å². The van der Waals surface area contributed by atoms with Crippen molar-refractivity contribution in [2.45, 2.75) is 27.2 Å². The van der Waals surface area contributed by atoms with Gasteiger partial charge in [0, 0.05) is 31.3 Å². The number of rotatable bonds is 6. The quantitative estimate of drug-likeness (QED) is 0.610. The first kappa shape index (κ1) is 14.2. The Labute approximate surface area is 118 Å². The van der Waals surface area contributed by atoms with Crippen molar-refractivity contribution in [1.29, 1.82) is 5.41 Å². The molecule has 2 rings (SSSR count). The third-order valence-electron chi connectivity index (χ3n) is 2.92. The van der Waals surface area contributed by atoms with E-state index in [1.807, 2.05) is 13.0 Å². The molecule has 0 aliphatic carbocycles. The largest absolute Gasteiger partial charge is 0.388 e. The summed E-state index contributed by atoms with van der Waals surface area (Å²) in [5.74, 6) is 2.23. The first-order valence-electron chi connectivity index (χ1n) is 6.72. The summed E-state index contributed by atoms with van der Waals surface area (Å²) in [4.78, 5) is 10.7. The highest BCUT2D eigenvalue weighted by molar-refractivity contribution is 5.77. The van der Waals surface area contributed by atoms with Gasteiger partial charge in [-0.25, -0.2) is 4.98 Å². The summed E-state index contributed by atoms with van der Waals surface area (Å²) in [7, 11) is 0. The molecule has 0 atom stereocenters. The van der Waals surface area contributed by atoms with Crippen molar-refractivity contribution in [3.63, 3.8) is 0 Å². The molecule has 0 aliphatic heterocycles. The fourth-order valence-corrected chi connectivity index (χ4v) is 2.13. The van der Waals surface area contributed by atoms with Crippen LogP contribution in [-0.4, -0.2) is 38.5 Å². The maximum atomic E-state index is 7.41. The van der Waals surface area contributed by atoms with Crippen LogP contribution < -0.4 is 10.6 Å². The second-order valence-corrected chi connectivity index (χ2v) is 5.34. The topological polar surface area (TPSA) is 96.2 Å². The molecule has 0 unspecified atom stereocenters. The zero-order valence-electron chi connectivity index (χ0n) is 12.2. The highest BCUT2D eigenvalue weighted by Gasteiger charge is 2.14. The SMILES string of the molecule is Cc1cc(N(CCC(=N)N)CC(C)C)n2ncnc2n1. The van der Waals surface area contributed by atoms with Gasteiger partial charge in [0.15, 0.2) is 0 Å². The third kappa shape index (κ3) is 3.23. The smallest absolute Gasteiger partial charge is 0.254 e. The molecule has 20 heavy (non-hydrogen) atoms. The number of anilines is 1. The number of aryl methyl sites for hydroxylation is 1. The predicted molar refractivity (Wildman–Crippen MR) is 79.1 cm³/mol. The maximum absolute atomic E-state index is 7.41. The highest BCUT2D eigenvalue weighted by Crippen LogP contribution is 2.17. The van der Waals surface area contributed by atoms with Crippen LogP contribution in [0.25, 0.3) is 5.78 Å². The molecule has 0 aliphatic rings. The lowest BCUT2D eigenvalue weighted by Crippen LogP contribution is -2.33. The van der Waals surface area contributed by atoms with Crippen LogP contribution in [0.5, 0.6) is 0 Å². The minimum atomic E-state index is 0.194. The fourth-order valence-electron chi connectivity index (χ4n) is 2.13. The summed E-state index contributed by atoms with van der Waals surface area (Å²) in [6.45, 7) is 7.81. The van der Waals surface area contributed by atoms with Gasteiger partial charge >= 0.3 is 0 Å². The molecule has 0 spiro atoms. The Morgan fingerprint density at radius 3 is 2.90 bits per heavy atom. The first-order chi connectivity index (χ1) is 9.47. The zero-order valence-corrected chi connectivity index (χ0v) is 12.2. The molecule has 7 heteroatoms. The molecule has 0 saturated heterocycles. The summed E-state index contributed by atoms with van der Waals surface area (Å²) < 4.78 is 1.73. The van der Waals surface area contributed by atoms with E-state index >= 15 is 0 Å². The Balaban J connectivity index is 2.38. The first-order valence-corrected chi connectivity index (χ1v) is 6.72. The van der Waals surface area contributed by atoms with Crippen LogP contribution >= 0.6 is 0 Å². The molecule has 0 radical (unpaired) electrons. The number of nitrogens with two attached hydrogens (primary N) is 1. The minimum Gasteiger partial charge on any atom is -0.388 e. The molecule has 3 N–H and O–H groups in total. The number of aromatic nitrogens is 4. The van der Waals surface area contributed by atoms with Crippen LogP contribution in [0.1, 0.15) is 26.0 Å². The van der Waals surface area contributed by atoms with Gasteiger partial charge in [0.2, 0.25) is 0 Å². The van der Waals surface area contributed by atoms with Gasteiger partial charge in [-0.1, -0.05) is 13.8 Å². The lowest BCUT2D eigenvalue weighted by molar-refractivity contribution is 0.602. The Kier molecular flexibility index (Phi) is 4.16. The van der Waals surface area contributed by atoms with Gasteiger partial charge in [-0.05, 0) is 12.8 Å². The summed E-state index contributed by atoms with van der Waals surface area (Å²) in [5.41, 5.74) is 6.38. The molecule has 0 saturated carbocycles. The van der Waals surface area contributed by atoms with Crippen LogP contribution in [0.15, 0.2) is 12.4 Å². The maximum Gasteiger partial charge on any atom is 0.254 e. The van der Waals surface area contributed by atoms with E-state index in [9.17, 15) is 0 Å². The molecular formula is C13H21N7. The van der Waals surface area contributed by atoms with Crippen molar-refractivity contribution in [3.05, 3.63) is 18.1 Å². The number of hydrogen-bond donors (Lipinski definition) is 2. The van der Waals surface area contributed by atoms with Gasteiger partial charge in [-0.3, -0.25) is 5.41 Å². The van der Waals surface area contributed by atoms with Crippen molar-refractivity contribution >= 4 is 17.4 Å². The number of nitrogens with one attached hydrogen (secondary N) is 1. The van der Waals surface area contributed by atoms with E-state index < -0.39 is 0 Å². The summed E-state index contributed by atoms with van der Waals surface area (Å²) in [6, 6.07) is 1.99. The van der Waals surface area contributed by atoms with E-state index in [1.54, 1.807) is 4.52 Å². The number of fused-ring (bicyclic) bond motifs is 1. The van der Waals surface area contributed by atoms with Crippen LogP contribution in [0, 0.1) is 18.3 Å².